The zero-order valence-corrected chi connectivity index (χ0v) is 47.8. The largest absolute Gasteiger partial charge is 0.458 e. The number of hydrogen-bond acceptors (Lipinski definition) is 15. The van der Waals surface area contributed by atoms with Crippen molar-refractivity contribution in [2.45, 2.75) is 160 Å². The summed E-state index contributed by atoms with van der Waals surface area (Å²) in [6.45, 7) is 4.82. The third-order valence-electron chi connectivity index (χ3n) is 17.0. The number of aryl methyl sites for hydroxylation is 1. The average Bonchev–Trinajstić information content (AvgIpc) is 1.81. The highest BCUT2D eigenvalue weighted by molar-refractivity contribution is 8.00. The van der Waals surface area contributed by atoms with Crippen LogP contribution in [0.5, 0.6) is 0 Å². The highest BCUT2D eigenvalue weighted by Gasteiger charge is 2.46. The second-order valence-electron chi connectivity index (χ2n) is 22.5. The lowest BCUT2D eigenvalue weighted by molar-refractivity contribution is -0.172. The molecule has 1 unspecified atom stereocenters. The second kappa shape index (κ2) is 26.0. The number of aliphatic hydroxyl groups is 1. The van der Waals surface area contributed by atoms with Crippen LogP contribution < -0.4 is 26.8 Å². The minimum atomic E-state index is -2.04. The number of aromatic nitrogens is 2. The number of carbonyl (C=O) groups is 10. The van der Waals surface area contributed by atoms with E-state index >= 15 is 4.39 Å². The fraction of sp³-hybridized carbons (Fsp3) is 0.508. The van der Waals surface area contributed by atoms with Gasteiger partial charge >= 0.3 is 5.97 Å². The molecule has 5 heterocycles. The zero-order valence-electron chi connectivity index (χ0n) is 47.0. The first-order valence-corrected chi connectivity index (χ1v) is 29.8. The van der Waals surface area contributed by atoms with Crippen molar-refractivity contribution in [2.24, 2.45) is 11.8 Å². The molecule has 2 fully saturated rings. The van der Waals surface area contributed by atoms with Crippen LogP contribution in [0, 0.1) is 24.6 Å². The number of cyclic esters (lactones) is 1. The molecule has 0 spiro atoms. The SMILES string of the molecule is CC[C@@]1(O)C(=O)OCc2c1cc1n(c2=O)Cc2c-1nc1cc(F)c(C)c3c1c2[C@@H](NC(=O)CCCNC(=O)CCC(=O)[C@H](Cc1ccccc1)NC(=O)CCC(=O)CNC(=O)CCSC1CC(=O)N(CC2CCC(C(C)=O)CC2)C1=O)CC3. The van der Waals surface area contributed by atoms with Gasteiger partial charge in [-0.05, 0) is 106 Å². The highest BCUT2D eigenvalue weighted by atomic mass is 32.2. The van der Waals surface area contributed by atoms with E-state index < -0.39 is 69.6 Å². The van der Waals surface area contributed by atoms with Crippen molar-refractivity contribution in [3.8, 4) is 11.4 Å². The fourth-order valence-corrected chi connectivity index (χ4v) is 13.3. The molecule has 20 nitrogen and oxygen atoms in total. The second-order valence-corrected chi connectivity index (χ2v) is 23.8. The maximum Gasteiger partial charge on any atom is 0.343 e. The van der Waals surface area contributed by atoms with Crippen molar-refractivity contribution < 1.29 is 62.2 Å². The van der Waals surface area contributed by atoms with Crippen molar-refractivity contribution in [3.63, 3.8) is 0 Å². The molecule has 83 heavy (non-hydrogen) atoms. The molecule has 6 amide bonds. The number of nitrogens with zero attached hydrogens (tertiary/aromatic N) is 3. The van der Waals surface area contributed by atoms with Gasteiger partial charge in [0.1, 0.15) is 18.2 Å². The van der Waals surface area contributed by atoms with Crippen molar-refractivity contribution in [3.05, 3.63) is 97.6 Å². The first-order valence-electron chi connectivity index (χ1n) is 28.7. The number of thioether (sulfide) groups is 1. The summed E-state index contributed by atoms with van der Waals surface area (Å²) in [5, 5.41) is 22.7. The fourth-order valence-electron chi connectivity index (χ4n) is 12.2. The molecule has 2 aromatic heterocycles. The lowest BCUT2D eigenvalue weighted by Crippen LogP contribution is -2.44. The number of carbonyl (C=O) groups excluding carboxylic acids is 10. The van der Waals surface area contributed by atoms with Crippen LogP contribution in [0.3, 0.4) is 0 Å². The number of Topliss-reactive ketones (excluding diaryl/α,β-unsaturated/α-hetero) is 3. The van der Waals surface area contributed by atoms with E-state index in [0.29, 0.717) is 58.4 Å². The topological polar surface area (TPSA) is 286 Å². The van der Waals surface area contributed by atoms with Gasteiger partial charge in [-0.2, -0.15) is 0 Å². The Morgan fingerprint density at radius 3 is 2.34 bits per heavy atom. The quantitative estimate of drug-likeness (QED) is 0.0300. The van der Waals surface area contributed by atoms with Crippen molar-refractivity contribution in [1.29, 1.82) is 0 Å². The first-order chi connectivity index (χ1) is 39.7. The van der Waals surface area contributed by atoms with Gasteiger partial charge in [-0.3, -0.25) is 52.8 Å². The van der Waals surface area contributed by atoms with Gasteiger partial charge < -0.3 is 35.7 Å². The zero-order chi connectivity index (χ0) is 59.3. The molecule has 3 aliphatic heterocycles. The third kappa shape index (κ3) is 13.3. The molecule has 0 bridgehead atoms. The third-order valence-corrected chi connectivity index (χ3v) is 18.3. The lowest BCUT2D eigenvalue weighted by atomic mass is 9.80. The number of fused-ring (bicyclic) bond motifs is 5. The van der Waals surface area contributed by atoms with Crippen LogP contribution in [0.1, 0.15) is 149 Å². The minimum Gasteiger partial charge on any atom is -0.458 e. The molecule has 2 aliphatic carbocycles. The summed E-state index contributed by atoms with van der Waals surface area (Å²) in [6, 6.07) is 10.4. The van der Waals surface area contributed by atoms with Crippen LogP contribution in [0.2, 0.25) is 0 Å². The standard InChI is InChI=1S/C61H70FN7O13S/c1-4-61(81)42-26-47-57-40(31-68(47)58(78)41(42)32-82-60(61)80)56-44(18-17-39-33(2)43(62)27-46(67-57)55(39)56)65-52(75)11-8-23-63-50(73)21-19-48(72)45(25-35-9-6-5-7-10-35)66-53(76)20-16-38(71)29-64-51(74)22-24-83-49-28-54(77)69(59(49)79)30-36-12-14-37(15-13-36)34(3)70/h5-7,9-10,26-27,36-37,44-45,49,81H,4,8,11-25,28-32H2,1-3H3,(H,63,73)(H,64,74)(H,65,75)(H,66,76)/t36?,37?,44-,45-,49?,61-/m0/s1. The van der Waals surface area contributed by atoms with Crippen LogP contribution in [0.25, 0.3) is 22.3 Å². The number of ketones is 3. The molecule has 5 aliphatic rings. The summed E-state index contributed by atoms with van der Waals surface area (Å²) in [5.74, 6) is -3.73. The van der Waals surface area contributed by atoms with E-state index in [2.05, 4.69) is 21.3 Å². The Hall–Kier alpha value is -7.46. The highest BCUT2D eigenvalue weighted by Crippen LogP contribution is 2.46. The summed E-state index contributed by atoms with van der Waals surface area (Å²) in [7, 11) is 0. The summed E-state index contributed by atoms with van der Waals surface area (Å²) in [4.78, 5) is 149. The maximum atomic E-state index is 15.4. The molecular formula is C61H70FN7O13S. The van der Waals surface area contributed by atoms with Gasteiger partial charge in [-0.1, -0.05) is 37.3 Å². The van der Waals surface area contributed by atoms with Gasteiger partial charge in [0.15, 0.2) is 17.2 Å². The number of nitrogens with one attached hydrogen (secondary N) is 4. The number of ether oxygens (including phenoxy) is 1. The maximum absolute atomic E-state index is 15.4. The molecule has 5 N–H and O–H groups in total. The minimum absolute atomic E-state index is 0.00639. The Labute approximate surface area is 483 Å². The summed E-state index contributed by atoms with van der Waals surface area (Å²) >= 11 is 1.22. The molecule has 2 aromatic carbocycles. The van der Waals surface area contributed by atoms with Crippen LogP contribution in [-0.4, -0.2) is 115 Å². The van der Waals surface area contributed by atoms with Gasteiger partial charge in [0.2, 0.25) is 35.4 Å². The van der Waals surface area contributed by atoms with Crippen LogP contribution in [0.4, 0.5) is 4.39 Å². The van der Waals surface area contributed by atoms with Gasteiger partial charge in [-0.25, -0.2) is 14.2 Å². The van der Waals surface area contributed by atoms with E-state index in [9.17, 15) is 57.8 Å². The molecule has 9 rings (SSSR count). The van der Waals surface area contributed by atoms with Crippen molar-refractivity contribution >= 4 is 81.4 Å². The predicted molar refractivity (Wildman–Crippen MR) is 303 cm³/mol. The molecule has 4 aromatic rings. The molecular weight excluding hydrogens is 1090 g/mol. The summed E-state index contributed by atoms with van der Waals surface area (Å²) in [6.07, 6.45) is 3.54. The number of esters is 1. The number of rotatable bonds is 25. The Morgan fingerprint density at radius 2 is 1.60 bits per heavy atom. The van der Waals surface area contributed by atoms with E-state index in [0.717, 1.165) is 36.8 Å². The molecule has 440 valence electrons. The van der Waals surface area contributed by atoms with E-state index in [-0.39, 0.29) is 143 Å². The molecule has 4 atom stereocenters. The molecule has 1 saturated carbocycles. The number of hydrogen-bond donors (Lipinski definition) is 5. The number of benzene rings is 2. The summed E-state index contributed by atoms with van der Waals surface area (Å²) in [5.41, 5.74) is 2.26. The van der Waals surface area contributed by atoms with E-state index in [1.807, 2.05) is 6.07 Å². The Morgan fingerprint density at radius 1 is 0.867 bits per heavy atom. The summed E-state index contributed by atoms with van der Waals surface area (Å²) < 4.78 is 22.2. The number of halogens is 1. The Kier molecular flexibility index (Phi) is 18.8. The van der Waals surface area contributed by atoms with E-state index in [4.69, 9.17) is 9.72 Å². The van der Waals surface area contributed by atoms with Gasteiger partial charge in [0.25, 0.3) is 5.56 Å². The van der Waals surface area contributed by atoms with Crippen LogP contribution in [-0.2, 0) is 84.3 Å². The predicted octanol–water partition coefficient (Wildman–Crippen LogP) is 4.72. The molecule has 1 saturated heterocycles. The number of likely N-dealkylation sites (tertiary alicyclic amines) is 1. The van der Waals surface area contributed by atoms with Crippen LogP contribution >= 0.6 is 11.8 Å². The lowest BCUT2D eigenvalue weighted by Gasteiger charge is -2.31. The Bertz CT molecular complexity index is 3360. The number of pyridine rings is 2. The van der Waals surface area contributed by atoms with Gasteiger partial charge in [-0.15, -0.1) is 11.8 Å². The van der Waals surface area contributed by atoms with Gasteiger partial charge in [0, 0.05) is 92.3 Å². The number of amides is 6. The normalized spacial score (nSPS) is 20.9. The van der Waals surface area contributed by atoms with Gasteiger partial charge in [0.05, 0.1) is 52.9 Å². The van der Waals surface area contributed by atoms with Crippen molar-refractivity contribution in [2.75, 3.05) is 25.4 Å². The average molecular weight is 1160 g/mol. The first kappa shape index (κ1) is 60.1. The molecule has 22 heteroatoms. The monoisotopic (exact) mass is 1160 g/mol. The van der Waals surface area contributed by atoms with E-state index in [1.165, 1.54) is 27.3 Å². The van der Waals surface area contributed by atoms with Crippen molar-refractivity contribution in [1.82, 2.24) is 35.7 Å². The molecule has 0 radical (unpaired) electrons. The Balaban J connectivity index is 0.713. The van der Waals surface area contributed by atoms with E-state index in [1.54, 1.807) is 51.1 Å². The smallest absolute Gasteiger partial charge is 0.343 e. The number of imide groups is 1. The van der Waals surface area contributed by atoms with Crippen LogP contribution in [0.15, 0.2) is 47.3 Å².